The summed E-state index contributed by atoms with van der Waals surface area (Å²) < 4.78 is 11.2. The molecule has 5 nitrogen and oxygen atoms in total. The molecule has 0 aliphatic heterocycles. The van der Waals surface area contributed by atoms with Crippen LogP contribution in [0.1, 0.15) is 12.5 Å². The summed E-state index contributed by atoms with van der Waals surface area (Å²) >= 11 is 3.32. The average molecular weight is 392 g/mol. The largest absolute Gasteiger partial charge is 0.497 e. The van der Waals surface area contributed by atoms with Crippen LogP contribution in [0.2, 0.25) is 0 Å². The molecule has 0 bridgehead atoms. The Bertz CT molecular complexity index is 715. The lowest BCUT2D eigenvalue weighted by Crippen LogP contribution is -2.30. The van der Waals surface area contributed by atoms with Crippen LogP contribution in [-0.2, 0) is 20.7 Å². The Morgan fingerprint density at radius 3 is 2.54 bits per heavy atom. The summed E-state index contributed by atoms with van der Waals surface area (Å²) in [6.45, 7) is 1.54. The number of benzene rings is 2. The molecular weight excluding hydrogens is 374 g/mol. The van der Waals surface area contributed by atoms with Crippen LogP contribution in [0.25, 0.3) is 0 Å². The summed E-state index contributed by atoms with van der Waals surface area (Å²) in [7, 11) is 1.56. The zero-order valence-electron chi connectivity index (χ0n) is 13.4. The van der Waals surface area contributed by atoms with Crippen LogP contribution in [0.15, 0.2) is 53.0 Å². The first-order valence-electron chi connectivity index (χ1n) is 7.37. The number of halogens is 1. The number of hydrogen-bond acceptors (Lipinski definition) is 4. The van der Waals surface area contributed by atoms with Gasteiger partial charge in [-0.1, -0.05) is 28.1 Å². The number of methoxy groups -OCH3 is 1. The Kier molecular flexibility index (Phi) is 6.37. The van der Waals surface area contributed by atoms with Crippen molar-refractivity contribution in [1.82, 2.24) is 0 Å². The second kappa shape index (κ2) is 8.49. The van der Waals surface area contributed by atoms with Crippen molar-refractivity contribution in [2.45, 2.75) is 19.4 Å². The molecular formula is C18H18BrNO4. The van der Waals surface area contributed by atoms with Crippen LogP contribution < -0.4 is 10.1 Å². The van der Waals surface area contributed by atoms with Crippen molar-refractivity contribution < 1.29 is 19.1 Å². The highest BCUT2D eigenvalue weighted by Crippen LogP contribution is 2.15. The number of nitrogens with one attached hydrogen (secondary N) is 1. The van der Waals surface area contributed by atoms with E-state index in [2.05, 4.69) is 21.2 Å². The van der Waals surface area contributed by atoms with E-state index in [0.29, 0.717) is 11.4 Å². The van der Waals surface area contributed by atoms with Gasteiger partial charge < -0.3 is 14.8 Å². The Balaban J connectivity index is 1.88. The number of amides is 1. The minimum atomic E-state index is -0.883. The molecule has 0 radical (unpaired) electrons. The molecule has 0 unspecified atom stereocenters. The van der Waals surface area contributed by atoms with E-state index >= 15 is 0 Å². The zero-order valence-corrected chi connectivity index (χ0v) is 15.0. The van der Waals surface area contributed by atoms with E-state index in [1.165, 1.54) is 6.92 Å². The fourth-order valence-electron chi connectivity index (χ4n) is 2.02. The molecule has 0 aliphatic rings. The first kappa shape index (κ1) is 18.0. The number of carbonyl (C=O) groups excluding carboxylic acids is 2. The van der Waals surface area contributed by atoms with E-state index in [1.807, 2.05) is 12.1 Å². The molecule has 6 heteroatoms. The first-order valence-corrected chi connectivity index (χ1v) is 8.16. The molecule has 0 heterocycles. The lowest BCUT2D eigenvalue weighted by atomic mass is 10.1. The second-order valence-corrected chi connectivity index (χ2v) is 6.07. The third kappa shape index (κ3) is 5.38. The zero-order chi connectivity index (χ0) is 17.5. The molecule has 0 fully saturated rings. The Labute approximate surface area is 149 Å². The van der Waals surface area contributed by atoms with Crippen molar-refractivity contribution in [3.05, 3.63) is 58.6 Å². The van der Waals surface area contributed by atoms with Gasteiger partial charge in [-0.3, -0.25) is 9.59 Å². The second-order valence-electron chi connectivity index (χ2n) is 5.16. The van der Waals surface area contributed by atoms with Gasteiger partial charge in [0.2, 0.25) is 0 Å². The van der Waals surface area contributed by atoms with E-state index in [1.54, 1.807) is 43.5 Å². The summed E-state index contributed by atoms with van der Waals surface area (Å²) in [4.78, 5) is 24.0. The monoisotopic (exact) mass is 391 g/mol. The van der Waals surface area contributed by atoms with Crippen LogP contribution >= 0.6 is 15.9 Å². The van der Waals surface area contributed by atoms with Gasteiger partial charge in [-0.05, 0) is 48.9 Å². The highest BCUT2D eigenvalue weighted by molar-refractivity contribution is 9.10. The van der Waals surface area contributed by atoms with Crippen LogP contribution in [0.3, 0.4) is 0 Å². The predicted octanol–water partition coefficient (Wildman–Crippen LogP) is 3.57. The highest BCUT2D eigenvalue weighted by atomic mass is 79.9. The molecule has 2 aromatic rings. The fourth-order valence-corrected chi connectivity index (χ4v) is 2.28. The molecule has 0 saturated carbocycles. The molecule has 126 valence electrons. The number of hydrogen-bond donors (Lipinski definition) is 1. The van der Waals surface area contributed by atoms with Crippen molar-refractivity contribution >= 4 is 33.5 Å². The van der Waals surface area contributed by atoms with E-state index in [4.69, 9.17) is 9.47 Å². The number of esters is 1. The number of anilines is 1. The lowest BCUT2D eigenvalue weighted by Gasteiger charge is -2.14. The smallest absolute Gasteiger partial charge is 0.311 e. The van der Waals surface area contributed by atoms with Crippen molar-refractivity contribution in [2.75, 3.05) is 12.4 Å². The first-order chi connectivity index (χ1) is 11.5. The van der Waals surface area contributed by atoms with Crippen LogP contribution in [0.5, 0.6) is 5.75 Å². The van der Waals surface area contributed by atoms with Gasteiger partial charge in [0.1, 0.15) is 5.75 Å². The Morgan fingerprint density at radius 2 is 1.88 bits per heavy atom. The van der Waals surface area contributed by atoms with Gasteiger partial charge >= 0.3 is 5.97 Å². The Morgan fingerprint density at radius 1 is 1.17 bits per heavy atom. The van der Waals surface area contributed by atoms with Gasteiger partial charge in [0, 0.05) is 10.2 Å². The van der Waals surface area contributed by atoms with Crippen LogP contribution in [0.4, 0.5) is 5.69 Å². The molecule has 0 saturated heterocycles. The van der Waals surface area contributed by atoms with Crippen molar-refractivity contribution in [1.29, 1.82) is 0 Å². The van der Waals surface area contributed by atoms with Gasteiger partial charge in [0.25, 0.3) is 5.91 Å². The molecule has 1 atom stereocenters. The van der Waals surface area contributed by atoms with Crippen molar-refractivity contribution in [3.8, 4) is 5.75 Å². The summed E-state index contributed by atoms with van der Waals surface area (Å²) in [6, 6.07) is 14.3. The standard InChI is InChI=1S/C18H18BrNO4/c1-12(18(22)20-15-8-6-14(19)7-9-15)24-17(21)11-13-4-3-5-16(10-13)23-2/h3-10,12H,11H2,1-2H3,(H,20,22)/t12-/m0/s1. The quantitative estimate of drug-likeness (QED) is 0.764. The van der Waals surface area contributed by atoms with Crippen LogP contribution in [0, 0.1) is 0 Å². The van der Waals surface area contributed by atoms with E-state index in [0.717, 1.165) is 10.0 Å². The maximum atomic E-state index is 12.1. The van der Waals surface area contributed by atoms with Gasteiger partial charge in [-0.2, -0.15) is 0 Å². The lowest BCUT2D eigenvalue weighted by molar-refractivity contribution is -0.152. The molecule has 2 rings (SSSR count). The fraction of sp³-hybridized carbons (Fsp3) is 0.222. The third-order valence-corrected chi connectivity index (χ3v) is 3.80. The minimum absolute atomic E-state index is 0.0765. The molecule has 1 amide bonds. The average Bonchev–Trinajstić information content (AvgIpc) is 2.56. The maximum Gasteiger partial charge on any atom is 0.311 e. The molecule has 2 aromatic carbocycles. The van der Waals surface area contributed by atoms with Gasteiger partial charge in [0.15, 0.2) is 6.10 Å². The molecule has 0 spiro atoms. The number of ether oxygens (including phenoxy) is 2. The Hall–Kier alpha value is -2.34. The number of carbonyl (C=O) groups is 2. The topological polar surface area (TPSA) is 64.6 Å². The van der Waals surface area contributed by atoms with Gasteiger partial charge in [-0.15, -0.1) is 0 Å². The minimum Gasteiger partial charge on any atom is -0.497 e. The summed E-state index contributed by atoms with van der Waals surface area (Å²) in [5.41, 5.74) is 1.40. The third-order valence-electron chi connectivity index (χ3n) is 3.27. The summed E-state index contributed by atoms with van der Waals surface area (Å²) in [6.07, 6.45) is -0.806. The normalized spacial score (nSPS) is 11.5. The SMILES string of the molecule is COc1cccc(CC(=O)O[C@@H](C)C(=O)Nc2ccc(Br)cc2)c1. The summed E-state index contributed by atoms with van der Waals surface area (Å²) in [5.74, 6) is -0.181. The van der Waals surface area contributed by atoms with Crippen molar-refractivity contribution in [2.24, 2.45) is 0 Å². The van der Waals surface area contributed by atoms with E-state index in [9.17, 15) is 9.59 Å². The summed E-state index contributed by atoms with van der Waals surface area (Å²) in [5, 5.41) is 2.70. The predicted molar refractivity (Wildman–Crippen MR) is 95.0 cm³/mol. The maximum absolute atomic E-state index is 12.1. The van der Waals surface area contributed by atoms with Gasteiger partial charge in [0.05, 0.1) is 13.5 Å². The number of rotatable bonds is 6. The van der Waals surface area contributed by atoms with Crippen molar-refractivity contribution in [3.63, 3.8) is 0 Å². The van der Waals surface area contributed by atoms with E-state index < -0.39 is 12.1 Å². The van der Waals surface area contributed by atoms with Gasteiger partial charge in [-0.25, -0.2) is 0 Å². The highest BCUT2D eigenvalue weighted by Gasteiger charge is 2.18. The molecule has 24 heavy (non-hydrogen) atoms. The van der Waals surface area contributed by atoms with E-state index in [-0.39, 0.29) is 12.3 Å². The van der Waals surface area contributed by atoms with Crippen LogP contribution in [-0.4, -0.2) is 25.1 Å². The molecule has 1 N–H and O–H groups in total. The molecule has 0 aliphatic carbocycles. The molecule has 0 aromatic heterocycles.